The number of rotatable bonds is 3. The predicted molar refractivity (Wildman–Crippen MR) is 215 cm³/mol. The van der Waals surface area contributed by atoms with Gasteiger partial charge >= 0.3 is 0 Å². The normalized spacial score (nSPS) is 18.2. The summed E-state index contributed by atoms with van der Waals surface area (Å²) < 4.78 is 2.44. The van der Waals surface area contributed by atoms with E-state index >= 15 is 0 Å². The zero-order valence-electron chi connectivity index (χ0n) is 28.7. The lowest BCUT2D eigenvalue weighted by atomic mass is 9.82. The lowest BCUT2D eigenvalue weighted by Crippen LogP contribution is -2.29. The molecule has 2 atom stereocenters. The first-order chi connectivity index (χ1) is 25.1. The maximum atomic E-state index is 2.57. The van der Waals surface area contributed by atoms with Crippen molar-refractivity contribution < 1.29 is 0 Å². The van der Waals surface area contributed by atoms with E-state index in [1.807, 2.05) is 0 Å². The minimum atomic E-state index is -0.0363. The van der Waals surface area contributed by atoms with Crippen LogP contribution >= 0.6 is 0 Å². The van der Waals surface area contributed by atoms with E-state index in [1.54, 1.807) is 0 Å². The Hall–Kier alpha value is -6.12. The highest BCUT2D eigenvalue weighted by molar-refractivity contribution is 6.11. The molecule has 0 amide bonds. The van der Waals surface area contributed by atoms with Gasteiger partial charge < -0.3 is 9.47 Å². The van der Waals surface area contributed by atoms with Crippen LogP contribution in [-0.2, 0) is 5.41 Å². The number of para-hydroxylation sites is 2. The number of nitrogens with zero attached hydrogens (tertiary/aromatic N) is 2. The van der Waals surface area contributed by atoms with Crippen LogP contribution in [-0.4, -0.2) is 10.6 Å². The Labute approximate surface area is 298 Å². The molecule has 51 heavy (non-hydrogen) atoms. The standard InChI is InChI=1S/C49H36N2/c1-49(2)42-18-8-5-15-36(42)37-25-24-34(30-43(37)49)50-45-19-9-6-16-38(45)40-28-32(22-26-47(40)50)33-23-27-48-41(29-33)39-17-7-10-20-46(39)51(48)44-21-11-13-31-12-3-4-14-35(31)44/h3-30,40,47H,1-2H3. The van der Waals surface area contributed by atoms with Crippen LogP contribution in [0.15, 0.2) is 170 Å². The first-order valence-electron chi connectivity index (χ1n) is 18.1. The molecule has 0 saturated carbocycles. The molecular formula is C49H36N2. The van der Waals surface area contributed by atoms with Crippen LogP contribution in [0, 0.1) is 0 Å². The molecule has 3 aliphatic rings. The van der Waals surface area contributed by atoms with Gasteiger partial charge in [-0.15, -0.1) is 0 Å². The Morgan fingerprint density at radius 3 is 2.22 bits per heavy atom. The Morgan fingerprint density at radius 2 is 1.27 bits per heavy atom. The molecule has 0 N–H and O–H groups in total. The highest BCUT2D eigenvalue weighted by Gasteiger charge is 2.40. The average Bonchev–Trinajstić information content (AvgIpc) is 3.77. The molecule has 0 fully saturated rings. The second kappa shape index (κ2) is 10.4. The molecule has 2 heterocycles. The molecule has 11 rings (SSSR count). The summed E-state index contributed by atoms with van der Waals surface area (Å²) >= 11 is 0. The summed E-state index contributed by atoms with van der Waals surface area (Å²) in [5.74, 6) is 0.257. The van der Waals surface area contributed by atoms with Crippen molar-refractivity contribution in [1.82, 2.24) is 4.57 Å². The van der Waals surface area contributed by atoms with Gasteiger partial charge in [-0.2, -0.15) is 0 Å². The van der Waals surface area contributed by atoms with Crippen LogP contribution in [0.2, 0.25) is 0 Å². The Kier molecular flexibility index (Phi) is 5.88. The number of hydrogen-bond donors (Lipinski definition) is 0. The van der Waals surface area contributed by atoms with Crippen molar-refractivity contribution in [3.63, 3.8) is 0 Å². The molecule has 2 heteroatoms. The highest BCUT2D eigenvalue weighted by Crippen LogP contribution is 2.53. The fraction of sp³-hybridized carbons (Fsp3) is 0.102. The second-order valence-electron chi connectivity index (χ2n) is 14.9. The molecule has 2 nitrogen and oxygen atoms in total. The number of anilines is 2. The fourth-order valence-corrected chi connectivity index (χ4v) is 9.50. The van der Waals surface area contributed by atoms with E-state index < -0.39 is 0 Å². The van der Waals surface area contributed by atoms with Crippen LogP contribution < -0.4 is 4.90 Å². The largest absolute Gasteiger partial charge is 0.333 e. The third-order valence-corrected chi connectivity index (χ3v) is 11.9. The number of aromatic nitrogens is 1. The molecule has 7 aromatic carbocycles. The molecule has 0 spiro atoms. The summed E-state index contributed by atoms with van der Waals surface area (Å²) in [4.78, 5) is 2.57. The van der Waals surface area contributed by atoms with E-state index in [0.717, 1.165) is 0 Å². The van der Waals surface area contributed by atoms with Crippen molar-refractivity contribution >= 4 is 49.5 Å². The van der Waals surface area contributed by atoms with Gasteiger partial charge in [0.25, 0.3) is 0 Å². The molecule has 2 aliphatic carbocycles. The maximum absolute atomic E-state index is 2.57. The van der Waals surface area contributed by atoms with E-state index in [2.05, 4.69) is 193 Å². The van der Waals surface area contributed by atoms with Crippen molar-refractivity contribution in [3.8, 4) is 16.8 Å². The van der Waals surface area contributed by atoms with E-state index in [0.29, 0.717) is 0 Å². The number of benzene rings is 7. The zero-order chi connectivity index (χ0) is 33.8. The van der Waals surface area contributed by atoms with Crippen LogP contribution in [0.5, 0.6) is 0 Å². The summed E-state index contributed by atoms with van der Waals surface area (Å²) in [5.41, 5.74) is 15.7. The van der Waals surface area contributed by atoms with Gasteiger partial charge in [0.2, 0.25) is 0 Å². The minimum Gasteiger partial charge on any atom is -0.333 e. The van der Waals surface area contributed by atoms with Gasteiger partial charge in [-0.3, -0.25) is 0 Å². The number of fused-ring (bicyclic) bond motifs is 10. The number of hydrogen-bond acceptors (Lipinski definition) is 1. The van der Waals surface area contributed by atoms with Gasteiger partial charge in [-0.25, -0.2) is 0 Å². The van der Waals surface area contributed by atoms with Gasteiger partial charge in [0.1, 0.15) is 0 Å². The van der Waals surface area contributed by atoms with Crippen molar-refractivity contribution in [2.24, 2.45) is 0 Å². The topological polar surface area (TPSA) is 8.17 Å². The molecule has 2 unspecified atom stereocenters. The Balaban J connectivity index is 1.01. The molecule has 0 radical (unpaired) electrons. The minimum absolute atomic E-state index is 0.0363. The van der Waals surface area contributed by atoms with E-state index in [9.17, 15) is 0 Å². The lowest BCUT2D eigenvalue weighted by Gasteiger charge is -2.31. The number of allylic oxidation sites excluding steroid dienone is 2. The van der Waals surface area contributed by atoms with E-state index in [4.69, 9.17) is 0 Å². The molecule has 242 valence electrons. The Bertz CT molecular complexity index is 2800. The molecule has 8 aromatic rings. The van der Waals surface area contributed by atoms with Gasteiger partial charge in [0.15, 0.2) is 0 Å². The summed E-state index contributed by atoms with van der Waals surface area (Å²) in [6.07, 6.45) is 7.32. The van der Waals surface area contributed by atoms with Crippen LogP contribution in [0.3, 0.4) is 0 Å². The van der Waals surface area contributed by atoms with Crippen molar-refractivity contribution in [2.75, 3.05) is 4.90 Å². The molecule has 0 saturated heterocycles. The van der Waals surface area contributed by atoms with Crippen molar-refractivity contribution in [1.29, 1.82) is 0 Å². The van der Waals surface area contributed by atoms with E-state index in [1.165, 1.54) is 88.6 Å². The first-order valence-corrected chi connectivity index (χ1v) is 18.1. The SMILES string of the molecule is CC1(C)c2ccccc2-c2ccc(N3c4ccccc4C4C=C(c5ccc6c(c5)c5ccccc5n6-c5cccc6ccccc56)C=CC43)cc21. The summed E-state index contributed by atoms with van der Waals surface area (Å²) in [6, 6.07) is 56.5. The lowest BCUT2D eigenvalue weighted by molar-refractivity contribution is 0.659. The fourth-order valence-electron chi connectivity index (χ4n) is 9.50. The molecular weight excluding hydrogens is 617 g/mol. The van der Waals surface area contributed by atoms with Crippen LogP contribution in [0.25, 0.3) is 55.0 Å². The Morgan fingerprint density at radius 1 is 0.549 bits per heavy atom. The average molecular weight is 653 g/mol. The van der Waals surface area contributed by atoms with Crippen molar-refractivity contribution in [2.45, 2.75) is 31.2 Å². The van der Waals surface area contributed by atoms with Gasteiger partial charge in [-0.1, -0.05) is 141 Å². The monoisotopic (exact) mass is 652 g/mol. The smallest absolute Gasteiger partial charge is 0.0630 e. The predicted octanol–water partition coefficient (Wildman–Crippen LogP) is 12.5. The molecule has 0 bridgehead atoms. The first kappa shape index (κ1) is 28.7. The van der Waals surface area contributed by atoms with E-state index in [-0.39, 0.29) is 17.4 Å². The third kappa shape index (κ3) is 3.99. The van der Waals surface area contributed by atoms with Crippen molar-refractivity contribution in [3.05, 3.63) is 192 Å². The summed E-state index contributed by atoms with van der Waals surface area (Å²) in [5, 5.41) is 5.07. The summed E-state index contributed by atoms with van der Waals surface area (Å²) in [7, 11) is 0. The van der Waals surface area contributed by atoms with Gasteiger partial charge in [0.05, 0.1) is 22.8 Å². The maximum Gasteiger partial charge on any atom is 0.0630 e. The molecule has 1 aliphatic heterocycles. The zero-order valence-corrected chi connectivity index (χ0v) is 28.7. The van der Waals surface area contributed by atoms with Gasteiger partial charge in [0, 0.05) is 38.9 Å². The second-order valence-corrected chi connectivity index (χ2v) is 14.9. The third-order valence-electron chi connectivity index (χ3n) is 11.9. The quantitative estimate of drug-likeness (QED) is 0.184. The summed E-state index contributed by atoms with van der Waals surface area (Å²) in [6.45, 7) is 4.74. The molecule has 1 aromatic heterocycles. The van der Waals surface area contributed by atoms with Crippen LogP contribution in [0.4, 0.5) is 11.4 Å². The van der Waals surface area contributed by atoms with Gasteiger partial charge in [-0.05, 0) is 86.8 Å². The highest BCUT2D eigenvalue weighted by atomic mass is 15.2. The van der Waals surface area contributed by atoms with Crippen LogP contribution in [0.1, 0.15) is 42.0 Å².